The minimum atomic E-state index is -2.20. The lowest BCUT2D eigenvalue weighted by molar-refractivity contribution is -0.142. The largest absolute Gasteiger partial charge is 0.481 e. The number of halogens is 5. The minimum absolute atomic E-state index is 0.206. The lowest BCUT2D eigenvalue weighted by Crippen LogP contribution is -2.33. The Hall–Kier alpha value is -1.70. The summed E-state index contributed by atoms with van der Waals surface area (Å²) in [6, 6.07) is -0.558. The van der Waals surface area contributed by atoms with Crippen LogP contribution < -0.4 is 0 Å². The third-order valence-corrected chi connectivity index (χ3v) is 3.86. The molecule has 0 bridgehead atoms. The van der Waals surface area contributed by atoms with Crippen LogP contribution in [0.4, 0.5) is 22.0 Å². The fraction of sp³-hybridized carbons (Fsp3) is 0.462. The number of carbonyl (C=O) groups is 1. The molecule has 0 saturated carbocycles. The number of hydrogen-bond acceptors (Lipinski definition) is 2. The zero-order valence-electron chi connectivity index (χ0n) is 11.0. The van der Waals surface area contributed by atoms with Gasteiger partial charge in [-0.1, -0.05) is 0 Å². The summed E-state index contributed by atoms with van der Waals surface area (Å²) >= 11 is 0. The number of aliphatic carboxylic acids is 1. The van der Waals surface area contributed by atoms with E-state index < -0.39 is 59.1 Å². The Morgan fingerprint density at radius 3 is 2.00 bits per heavy atom. The van der Waals surface area contributed by atoms with Crippen LogP contribution in [0.1, 0.15) is 18.9 Å². The summed E-state index contributed by atoms with van der Waals surface area (Å²) in [5.74, 6) is -11.7. The predicted octanol–water partition coefficient (Wildman–Crippen LogP) is 2.68. The van der Waals surface area contributed by atoms with Gasteiger partial charge in [-0.15, -0.1) is 0 Å². The van der Waals surface area contributed by atoms with Crippen molar-refractivity contribution in [2.24, 2.45) is 5.92 Å². The van der Waals surface area contributed by atoms with Crippen LogP contribution in [0.25, 0.3) is 0 Å². The first kappa shape index (κ1) is 15.7. The van der Waals surface area contributed by atoms with Crippen LogP contribution in [-0.2, 0) is 11.3 Å². The van der Waals surface area contributed by atoms with E-state index in [1.807, 2.05) is 0 Å². The zero-order chi connectivity index (χ0) is 15.9. The summed E-state index contributed by atoms with van der Waals surface area (Å²) in [6.45, 7) is 1.21. The molecule has 1 fully saturated rings. The van der Waals surface area contributed by atoms with Crippen LogP contribution in [0.15, 0.2) is 0 Å². The van der Waals surface area contributed by atoms with E-state index in [4.69, 9.17) is 5.11 Å². The van der Waals surface area contributed by atoms with E-state index in [1.54, 1.807) is 0 Å². The van der Waals surface area contributed by atoms with Crippen LogP contribution >= 0.6 is 0 Å². The van der Waals surface area contributed by atoms with Gasteiger partial charge in [0.05, 0.1) is 5.92 Å². The molecule has 1 aliphatic rings. The van der Waals surface area contributed by atoms with Gasteiger partial charge in [-0.05, 0) is 19.9 Å². The third-order valence-electron chi connectivity index (χ3n) is 3.86. The highest BCUT2D eigenvalue weighted by Gasteiger charge is 2.37. The van der Waals surface area contributed by atoms with Crippen molar-refractivity contribution in [3.05, 3.63) is 34.6 Å². The van der Waals surface area contributed by atoms with Gasteiger partial charge in [-0.3, -0.25) is 9.69 Å². The van der Waals surface area contributed by atoms with Gasteiger partial charge in [-0.2, -0.15) is 0 Å². The lowest BCUT2D eigenvalue weighted by Gasteiger charge is -2.23. The highest BCUT2D eigenvalue weighted by atomic mass is 19.2. The molecule has 1 N–H and O–H groups in total. The summed E-state index contributed by atoms with van der Waals surface area (Å²) in [7, 11) is 0. The smallest absolute Gasteiger partial charge is 0.308 e. The van der Waals surface area contributed by atoms with Crippen molar-refractivity contribution in [1.29, 1.82) is 0 Å². The first-order valence-electron chi connectivity index (χ1n) is 6.22. The van der Waals surface area contributed by atoms with Crippen LogP contribution in [0.3, 0.4) is 0 Å². The molecule has 8 heteroatoms. The van der Waals surface area contributed by atoms with Crippen LogP contribution in [0.2, 0.25) is 0 Å². The molecular weight excluding hydrogens is 297 g/mol. The molecule has 1 aromatic carbocycles. The molecule has 3 nitrogen and oxygen atoms in total. The molecule has 0 amide bonds. The zero-order valence-corrected chi connectivity index (χ0v) is 11.0. The Morgan fingerprint density at radius 2 is 1.57 bits per heavy atom. The third kappa shape index (κ3) is 2.59. The number of carboxylic acid groups (broad SMARTS) is 1. The van der Waals surface area contributed by atoms with Crippen molar-refractivity contribution >= 4 is 5.97 Å². The van der Waals surface area contributed by atoms with E-state index in [9.17, 15) is 26.7 Å². The molecule has 2 unspecified atom stereocenters. The molecule has 0 aromatic heterocycles. The molecule has 21 heavy (non-hydrogen) atoms. The quantitative estimate of drug-likeness (QED) is 0.530. The Balaban J connectivity index is 2.31. The second kappa shape index (κ2) is 5.59. The van der Waals surface area contributed by atoms with Gasteiger partial charge >= 0.3 is 5.97 Å². The fourth-order valence-electron chi connectivity index (χ4n) is 2.55. The number of benzene rings is 1. The van der Waals surface area contributed by atoms with Crippen molar-refractivity contribution in [2.75, 3.05) is 6.54 Å². The first-order valence-corrected chi connectivity index (χ1v) is 6.22. The first-order chi connectivity index (χ1) is 9.75. The molecule has 1 heterocycles. The van der Waals surface area contributed by atoms with Gasteiger partial charge < -0.3 is 5.11 Å². The molecule has 0 spiro atoms. The second-order valence-corrected chi connectivity index (χ2v) is 4.99. The molecule has 2 atom stereocenters. The Kier molecular flexibility index (Phi) is 4.18. The lowest BCUT2D eigenvalue weighted by atomic mass is 10.0. The van der Waals surface area contributed by atoms with Crippen molar-refractivity contribution < 1.29 is 31.9 Å². The average Bonchev–Trinajstić information content (AvgIpc) is 2.80. The average molecular weight is 309 g/mol. The van der Waals surface area contributed by atoms with E-state index in [0.717, 1.165) is 0 Å². The second-order valence-electron chi connectivity index (χ2n) is 4.99. The van der Waals surface area contributed by atoms with Crippen molar-refractivity contribution in [1.82, 2.24) is 4.90 Å². The summed E-state index contributed by atoms with van der Waals surface area (Å²) in [5.41, 5.74) is -0.940. The maximum Gasteiger partial charge on any atom is 0.308 e. The van der Waals surface area contributed by atoms with Crippen LogP contribution in [0, 0.1) is 35.0 Å². The summed E-state index contributed by atoms with van der Waals surface area (Å²) < 4.78 is 66.3. The van der Waals surface area contributed by atoms with E-state index in [2.05, 4.69) is 0 Å². The molecule has 1 aromatic rings. The summed E-state index contributed by atoms with van der Waals surface area (Å²) in [4.78, 5) is 12.3. The van der Waals surface area contributed by atoms with Gasteiger partial charge in [0.15, 0.2) is 23.3 Å². The maximum absolute atomic E-state index is 13.6. The van der Waals surface area contributed by atoms with E-state index in [-0.39, 0.29) is 13.0 Å². The van der Waals surface area contributed by atoms with Crippen molar-refractivity contribution in [3.63, 3.8) is 0 Å². The topological polar surface area (TPSA) is 40.5 Å². The molecule has 116 valence electrons. The Morgan fingerprint density at radius 1 is 1.10 bits per heavy atom. The normalized spacial score (nSPS) is 22.8. The number of likely N-dealkylation sites (tertiary alicyclic amines) is 1. The van der Waals surface area contributed by atoms with Crippen LogP contribution in [-0.4, -0.2) is 28.6 Å². The molecule has 1 aliphatic heterocycles. The van der Waals surface area contributed by atoms with Crippen LogP contribution in [0.5, 0.6) is 0 Å². The summed E-state index contributed by atoms with van der Waals surface area (Å²) in [6.07, 6.45) is 0.256. The van der Waals surface area contributed by atoms with E-state index in [0.29, 0.717) is 0 Å². The van der Waals surface area contributed by atoms with Gasteiger partial charge in [-0.25, -0.2) is 22.0 Å². The maximum atomic E-state index is 13.6. The van der Waals surface area contributed by atoms with E-state index in [1.165, 1.54) is 11.8 Å². The van der Waals surface area contributed by atoms with Gasteiger partial charge in [0, 0.05) is 18.2 Å². The SMILES string of the molecule is CC1C(C(=O)O)CCN1Cc1c(F)c(F)c(F)c(F)c1F. The highest BCUT2D eigenvalue weighted by Crippen LogP contribution is 2.29. The predicted molar refractivity (Wildman–Crippen MR) is 61.8 cm³/mol. The minimum Gasteiger partial charge on any atom is -0.481 e. The molecule has 1 saturated heterocycles. The Bertz CT molecular complexity index is 563. The Labute approximate surface area is 117 Å². The number of hydrogen-bond donors (Lipinski definition) is 1. The number of nitrogens with zero attached hydrogens (tertiary/aromatic N) is 1. The number of carboxylic acids is 1. The van der Waals surface area contributed by atoms with Gasteiger partial charge in [0.25, 0.3) is 0 Å². The summed E-state index contributed by atoms with van der Waals surface area (Å²) in [5, 5.41) is 8.96. The van der Waals surface area contributed by atoms with Gasteiger partial charge in [0.2, 0.25) is 5.82 Å². The monoisotopic (exact) mass is 309 g/mol. The highest BCUT2D eigenvalue weighted by molar-refractivity contribution is 5.71. The number of rotatable bonds is 3. The molecule has 0 radical (unpaired) electrons. The van der Waals surface area contributed by atoms with Gasteiger partial charge in [0.1, 0.15) is 0 Å². The molecule has 0 aliphatic carbocycles. The van der Waals surface area contributed by atoms with Crippen molar-refractivity contribution in [2.45, 2.75) is 25.9 Å². The molecular formula is C13H12F5NO2. The fourth-order valence-corrected chi connectivity index (χ4v) is 2.55. The van der Waals surface area contributed by atoms with Crippen molar-refractivity contribution in [3.8, 4) is 0 Å². The van der Waals surface area contributed by atoms with E-state index >= 15 is 0 Å². The standard InChI is InChI=1S/C13H12F5NO2/c1-5-6(13(20)21)2-3-19(5)4-7-8(14)10(16)12(18)11(17)9(7)15/h5-6H,2-4H2,1H3,(H,20,21). The molecule has 2 rings (SSSR count).